The van der Waals surface area contributed by atoms with E-state index in [1.807, 2.05) is 4.08 Å². The lowest BCUT2D eigenvalue weighted by atomic mass is 10.4. The highest BCUT2D eigenvalue weighted by Crippen LogP contribution is 2.00. The second-order valence-electron chi connectivity index (χ2n) is 1.72. The molecule has 10 heavy (non-hydrogen) atoms. The summed E-state index contributed by atoms with van der Waals surface area (Å²) in [6, 6.07) is 0. The number of halogens is 2. The quantitative estimate of drug-likeness (QED) is 0.559. The monoisotopic (exact) mass is 316 g/mol. The third-order valence-electron chi connectivity index (χ3n) is 0.777. The van der Waals surface area contributed by atoms with Crippen LogP contribution in [0.2, 0.25) is 0 Å². The van der Waals surface area contributed by atoms with Gasteiger partial charge in [-0.15, -0.1) is 0 Å². The zero-order chi connectivity index (χ0) is 7.82. The summed E-state index contributed by atoms with van der Waals surface area (Å²) in [6.45, 7) is 5.02. The molecule has 58 valence electrons. The van der Waals surface area contributed by atoms with Crippen LogP contribution in [0.25, 0.3) is 0 Å². The number of hydrogen-bond acceptors (Lipinski definition) is 1. The molecule has 0 saturated heterocycles. The van der Waals surface area contributed by atoms with E-state index in [2.05, 4.69) is 51.2 Å². The molecule has 0 radical (unpaired) electrons. The predicted molar refractivity (Wildman–Crippen MR) is 56.7 cm³/mol. The fourth-order valence-electron chi connectivity index (χ4n) is 0.397. The normalized spacial score (nSPS) is 10.6. The van der Waals surface area contributed by atoms with Gasteiger partial charge >= 0.3 is 0 Å². The molecule has 0 saturated carbocycles. The smallest absolute Gasteiger partial charge is 0.0776 e. The maximum Gasteiger partial charge on any atom is 0.0776 e. The first-order valence-electron chi connectivity index (χ1n) is 2.93. The lowest BCUT2D eigenvalue weighted by Crippen LogP contribution is -1.94. The average molecular weight is 317 g/mol. The van der Waals surface area contributed by atoms with E-state index >= 15 is 0 Å². The van der Waals surface area contributed by atoms with Crippen LogP contribution in [0.3, 0.4) is 0 Å². The molecule has 0 heterocycles. The van der Waals surface area contributed by atoms with Gasteiger partial charge in [-0.05, 0) is 10.5 Å². The van der Waals surface area contributed by atoms with Gasteiger partial charge in [0.2, 0.25) is 0 Å². The molecule has 0 bridgehead atoms. The summed E-state index contributed by atoms with van der Waals surface area (Å²) in [5.41, 5.74) is 0. The van der Waals surface area contributed by atoms with Crippen LogP contribution in [0.1, 0.15) is 6.42 Å². The molecule has 0 spiro atoms. The Morgan fingerprint density at radius 2 is 2.40 bits per heavy atom. The van der Waals surface area contributed by atoms with Crippen molar-refractivity contribution in [1.82, 2.24) is 0 Å². The van der Waals surface area contributed by atoms with Crippen LogP contribution in [-0.2, 0) is 4.74 Å². The highest BCUT2D eigenvalue weighted by Gasteiger charge is 1.86. The summed E-state index contributed by atoms with van der Waals surface area (Å²) in [6.07, 6.45) is 3.04. The highest BCUT2D eigenvalue weighted by atomic mass is 127. The van der Waals surface area contributed by atoms with Crippen LogP contribution < -0.4 is 0 Å². The molecule has 0 rings (SSSR count). The third-order valence-corrected chi connectivity index (χ3v) is 1.51. The van der Waals surface area contributed by atoms with E-state index in [0.717, 1.165) is 17.5 Å². The Balaban J connectivity index is 2.98. The molecule has 0 aliphatic carbocycles. The van der Waals surface area contributed by atoms with Crippen LogP contribution in [-0.4, -0.2) is 13.2 Å². The van der Waals surface area contributed by atoms with Crippen LogP contribution in [0.5, 0.6) is 0 Å². The molecule has 0 fully saturated rings. The zero-order valence-corrected chi connectivity index (χ0v) is 9.39. The SMILES string of the molecule is C=C(Br)COCC/C=C/I. The minimum atomic E-state index is 0.606. The van der Waals surface area contributed by atoms with Crippen LogP contribution in [0.4, 0.5) is 0 Å². The molecule has 0 unspecified atom stereocenters. The van der Waals surface area contributed by atoms with E-state index in [4.69, 9.17) is 4.74 Å². The summed E-state index contributed by atoms with van der Waals surface area (Å²) >= 11 is 5.39. The number of hydrogen-bond donors (Lipinski definition) is 0. The van der Waals surface area contributed by atoms with Crippen LogP contribution >= 0.6 is 38.5 Å². The first-order chi connectivity index (χ1) is 4.77. The van der Waals surface area contributed by atoms with Gasteiger partial charge in [0.15, 0.2) is 0 Å². The van der Waals surface area contributed by atoms with Crippen molar-refractivity contribution >= 4 is 38.5 Å². The minimum absolute atomic E-state index is 0.606. The van der Waals surface area contributed by atoms with E-state index in [0.29, 0.717) is 6.61 Å². The maximum absolute atomic E-state index is 5.20. The van der Waals surface area contributed by atoms with Crippen LogP contribution in [0.15, 0.2) is 21.2 Å². The summed E-state index contributed by atoms with van der Waals surface area (Å²) in [7, 11) is 0. The molecule has 0 aromatic carbocycles. The molecule has 0 aromatic heterocycles. The Bertz CT molecular complexity index is 123. The Hall–Kier alpha value is 0.650. The summed E-state index contributed by atoms with van der Waals surface area (Å²) in [5, 5.41) is 0. The van der Waals surface area contributed by atoms with Gasteiger partial charge in [-0.1, -0.05) is 51.2 Å². The van der Waals surface area contributed by atoms with Crippen molar-refractivity contribution in [1.29, 1.82) is 0 Å². The van der Waals surface area contributed by atoms with Gasteiger partial charge in [-0.25, -0.2) is 0 Å². The number of rotatable bonds is 5. The molecule has 3 heteroatoms. The van der Waals surface area contributed by atoms with Crippen molar-refractivity contribution in [3.05, 3.63) is 21.2 Å². The third kappa shape index (κ3) is 8.65. The fraction of sp³-hybridized carbons (Fsp3) is 0.429. The van der Waals surface area contributed by atoms with Gasteiger partial charge in [0.1, 0.15) is 0 Å². The highest BCUT2D eigenvalue weighted by molar-refractivity contribution is 14.1. The Kier molecular flexibility index (Phi) is 8.26. The minimum Gasteiger partial charge on any atom is -0.376 e. The second-order valence-corrected chi connectivity index (χ2v) is 3.56. The molecular formula is C7H10BrIO. The summed E-state index contributed by atoms with van der Waals surface area (Å²) in [4.78, 5) is 0. The van der Waals surface area contributed by atoms with Crippen molar-refractivity contribution in [3.8, 4) is 0 Å². The van der Waals surface area contributed by atoms with Gasteiger partial charge in [-0.3, -0.25) is 0 Å². The van der Waals surface area contributed by atoms with Gasteiger partial charge in [-0.2, -0.15) is 0 Å². The van der Waals surface area contributed by atoms with E-state index in [9.17, 15) is 0 Å². The van der Waals surface area contributed by atoms with Gasteiger partial charge in [0, 0.05) is 4.48 Å². The van der Waals surface area contributed by atoms with E-state index in [-0.39, 0.29) is 0 Å². The molecular weight excluding hydrogens is 307 g/mol. The van der Waals surface area contributed by atoms with Crippen molar-refractivity contribution in [2.75, 3.05) is 13.2 Å². The van der Waals surface area contributed by atoms with E-state index in [1.54, 1.807) is 0 Å². The Morgan fingerprint density at radius 1 is 1.70 bits per heavy atom. The fourth-order valence-corrected chi connectivity index (χ4v) is 0.919. The lowest BCUT2D eigenvalue weighted by Gasteiger charge is -1.98. The van der Waals surface area contributed by atoms with Gasteiger partial charge in [0.25, 0.3) is 0 Å². The topological polar surface area (TPSA) is 9.23 Å². The van der Waals surface area contributed by atoms with Crippen molar-refractivity contribution < 1.29 is 4.74 Å². The molecule has 0 N–H and O–H groups in total. The van der Waals surface area contributed by atoms with Crippen molar-refractivity contribution in [3.63, 3.8) is 0 Å². The molecule has 0 aliphatic heterocycles. The van der Waals surface area contributed by atoms with Gasteiger partial charge in [0.05, 0.1) is 13.2 Å². The Morgan fingerprint density at radius 3 is 2.90 bits per heavy atom. The molecule has 0 aromatic rings. The molecule has 0 atom stereocenters. The zero-order valence-electron chi connectivity index (χ0n) is 5.65. The van der Waals surface area contributed by atoms with E-state index in [1.165, 1.54) is 0 Å². The van der Waals surface area contributed by atoms with Crippen LogP contribution in [0, 0.1) is 0 Å². The summed E-state index contributed by atoms with van der Waals surface area (Å²) < 4.78 is 8.08. The number of ether oxygens (including phenoxy) is 1. The first-order valence-corrected chi connectivity index (χ1v) is 4.97. The standard InChI is InChI=1S/C7H10BrIO/c1-7(8)6-10-5-3-2-4-9/h2,4H,1,3,5-6H2/b4-2+. The Labute approximate surface area is 83.8 Å². The molecule has 0 aliphatic rings. The van der Waals surface area contributed by atoms with E-state index < -0.39 is 0 Å². The predicted octanol–water partition coefficient (Wildman–Crippen LogP) is 3.25. The average Bonchev–Trinajstić information content (AvgIpc) is 1.87. The van der Waals surface area contributed by atoms with Crippen molar-refractivity contribution in [2.45, 2.75) is 6.42 Å². The molecule has 0 amide bonds. The second kappa shape index (κ2) is 7.75. The van der Waals surface area contributed by atoms with Gasteiger partial charge < -0.3 is 4.74 Å². The van der Waals surface area contributed by atoms with Crippen molar-refractivity contribution in [2.24, 2.45) is 0 Å². The molecule has 1 nitrogen and oxygen atoms in total. The maximum atomic E-state index is 5.20. The first kappa shape index (κ1) is 10.7. The largest absolute Gasteiger partial charge is 0.376 e. The summed E-state index contributed by atoms with van der Waals surface area (Å²) in [5.74, 6) is 0. The lowest BCUT2D eigenvalue weighted by molar-refractivity contribution is 0.166.